The van der Waals surface area contributed by atoms with Gasteiger partial charge in [0.2, 0.25) is 0 Å². The zero-order chi connectivity index (χ0) is 14.7. The van der Waals surface area contributed by atoms with Gasteiger partial charge in [0.1, 0.15) is 5.75 Å². The third-order valence-electron chi connectivity index (χ3n) is 2.97. The molecule has 108 valence electrons. The smallest absolute Gasteiger partial charge is 0.158 e. The summed E-state index contributed by atoms with van der Waals surface area (Å²) in [6.45, 7) is 6.65. The summed E-state index contributed by atoms with van der Waals surface area (Å²) in [5.41, 5.74) is 7.68. The van der Waals surface area contributed by atoms with Gasteiger partial charge in [-0.15, -0.1) is 0 Å². The zero-order valence-corrected chi connectivity index (χ0v) is 12.6. The van der Waals surface area contributed by atoms with E-state index in [4.69, 9.17) is 10.5 Å². The Morgan fingerprint density at radius 1 is 1.35 bits per heavy atom. The van der Waals surface area contributed by atoms with E-state index >= 15 is 0 Å². The fourth-order valence-corrected chi connectivity index (χ4v) is 2.10. The van der Waals surface area contributed by atoms with E-state index in [0.29, 0.717) is 13.0 Å². The van der Waals surface area contributed by atoms with E-state index in [1.54, 1.807) is 4.68 Å². The Morgan fingerprint density at radius 3 is 2.70 bits per heavy atom. The summed E-state index contributed by atoms with van der Waals surface area (Å²) < 4.78 is 7.54. The lowest BCUT2D eigenvalue weighted by Gasteiger charge is -2.13. The molecule has 0 amide bonds. The van der Waals surface area contributed by atoms with E-state index in [9.17, 15) is 0 Å². The molecule has 1 aromatic heterocycles. The summed E-state index contributed by atoms with van der Waals surface area (Å²) in [6, 6.07) is 6.08. The van der Waals surface area contributed by atoms with Gasteiger partial charge in [-0.2, -0.15) is 5.10 Å². The SMILES string of the molecule is Cc1cc(-c2nc(CCN)nn2C)ccc1OC(C)C. The first-order chi connectivity index (χ1) is 9.51. The van der Waals surface area contributed by atoms with Crippen LogP contribution < -0.4 is 10.5 Å². The van der Waals surface area contributed by atoms with Crippen molar-refractivity contribution in [2.24, 2.45) is 12.8 Å². The predicted octanol–water partition coefficient (Wildman–Crippen LogP) is 2.08. The van der Waals surface area contributed by atoms with E-state index in [1.165, 1.54) is 0 Å². The Morgan fingerprint density at radius 2 is 2.10 bits per heavy atom. The first kappa shape index (κ1) is 14.5. The van der Waals surface area contributed by atoms with Crippen LogP contribution in [-0.2, 0) is 13.5 Å². The van der Waals surface area contributed by atoms with Crippen molar-refractivity contribution in [2.45, 2.75) is 33.3 Å². The second-order valence-corrected chi connectivity index (χ2v) is 5.16. The maximum Gasteiger partial charge on any atom is 0.158 e. The summed E-state index contributed by atoms with van der Waals surface area (Å²) in [7, 11) is 1.90. The lowest BCUT2D eigenvalue weighted by Crippen LogP contribution is -2.06. The standard InChI is InChI=1S/C15H22N4O/c1-10(2)20-13-6-5-12(9-11(13)3)15-17-14(7-8-16)18-19(15)4/h5-6,9-10H,7-8,16H2,1-4H3. The molecule has 2 rings (SSSR count). The summed E-state index contributed by atoms with van der Waals surface area (Å²) in [4.78, 5) is 4.53. The molecule has 0 spiro atoms. The monoisotopic (exact) mass is 274 g/mol. The lowest BCUT2D eigenvalue weighted by atomic mass is 10.1. The quantitative estimate of drug-likeness (QED) is 0.906. The third kappa shape index (κ3) is 3.17. The number of hydrogen-bond donors (Lipinski definition) is 1. The Hall–Kier alpha value is -1.88. The minimum absolute atomic E-state index is 0.172. The van der Waals surface area contributed by atoms with E-state index in [-0.39, 0.29) is 6.10 Å². The van der Waals surface area contributed by atoms with Crippen molar-refractivity contribution >= 4 is 0 Å². The van der Waals surface area contributed by atoms with E-state index in [0.717, 1.165) is 28.5 Å². The second kappa shape index (κ2) is 6.05. The lowest BCUT2D eigenvalue weighted by molar-refractivity contribution is 0.241. The van der Waals surface area contributed by atoms with Gasteiger partial charge < -0.3 is 10.5 Å². The molecule has 0 bridgehead atoms. The van der Waals surface area contributed by atoms with Gasteiger partial charge in [-0.3, -0.25) is 0 Å². The molecule has 0 fully saturated rings. The van der Waals surface area contributed by atoms with E-state index < -0.39 is 0 Å². The highest BCUT2D eigenvalue weighted by molar-refractivity contribution is 5.59. The first-order valence-corrected chi connectivity index (χ1v) is 6.89. The highest BCUT2D eigenvalue weighted by Crippen LogP contribution is 2.25. The molecule has 0 atom stereocenters. The van der Waals surface area contributed by atoms with Crippen molar-refractivity contribution in [1.82, 2.24) is 14.8 Å². The molecule has 2 N–H and O–H groups in total. The van der Waals surface area contributed by atoms with Crippen LogP contribution in [0.3, 0.4) is 0 Å². The highest BCUT2D eigenvalue weighted by atomic mass is 16.5. The molecule has 0 saturated carbocycles. The predicted molar refractivity (Wildman–Crippen MR) is 79.7 cm³/mol. The van der Waals surface area contributed by atoms with Crippen LogP contribution in [0.4, 0.5) is 0 Å². The molecule has 1 heterocycles. The normalized spacial score (nSPS) is 11.1. The molecule has 0 aliphatic heterocycles. The van der Waals surface area contributed by atoms with Crippen LogP contribution in [0.15, 0.2) is 18.2 Å². The fraction of sp³-hybridized carbons (Fsp3) is 0.467. The van der Waals surface area contributed by atoms with Gasteiger partial charge in [-0.05, 0) is 51.1 Å². The molecule has 0 unspecified atom stereocenters. The Labute approximate surface area is 119 Å². The van der Waals surface area contributed by atoms with Crippen LogP contribution in [-0.4, -0.2) is 27.4 Å². The molecular formula is C15H22N4O. The average Bonchev–Trinajstić information content (AvgIpc) is 2.73. The highest BCUT2D eigenvalue weighted by Gasteiger charge is 2.11. The third-order valence-corrected chi connectivity index (χ3v) is 2.97. The van der Waals surface area contributed by atoms with Crippen molar-refractivity contribution in [3.63, 3.8) is 0 Å². The fourth-order valence-electron chi connectivity index (χ4n) is 2.10. The molecule has 0 radical (unpaired) electrons. The first-order valence-electron chi connectivity index (χ1n) is 6.89. The number of nitrogens with two attached hydrogens (primary N) is 1. The van der Waals surface area contributed by atoms with Crippen LogP contribution in [0, 0.1) is 6.92 Å². The number of nitrogens with zero attached hydrogens (tertiary/aromatic N) is 3. The molecule has 1 aromatic carbocycles. The van der Waals surface area contributed by atoms with Crippen molar-refractivity contribution in [2.75, 3.05) is 6.54 Å². The van der Waals surface area contributed by atoms with Crippen LogP contribution >= 0.6 is 0 Å². The van der Waals surface area contributed by atoms with Gasteiger partial charge in [-0.1, -0.05) is 0 Å². The number of benzene rings is 1. The van der Waals surface area contributed by atoms with Crippen LogP contribution in [0.25, 0.3) is 11.4 Å². The molecule has 5 heteroatoms. The molecule has 2 aromatic rings. The van der Waals surface area contributed by atoms with E-state index in [2.05, 4.69) is 16.1 Å². The number of aromatic nitrogens is 3. The van der Waals surface area contributed by atoms with Crippen molar-refractivity contribution in [3.05, 3.63) is 29.6 Å². The largest absolute Gasteiger partial charge is 0.491 e. The van der Waals surface area contributed by atoms with Crippen molar-refractivity contribution < 1.29 is 4.74 Å². The molecule has 0 saturated heterocycles. The van der Waals surface area contributed by atoms with E-state index in [1.807, 2.05) is 40.0 Å². The Bertz CT molecular complexity index is 590. The topological polar surface area (TPSA) is 66.0 Å². The van der Waals surface area contributed by atoms with Gasteiger partial charge >= 0.3 is 0 Å². The van der Waals surface area contributed by atoms with Gasteiger partial charge in [0, 0.05) is 19.0 Å². The average molecular weight is 274 g/mol. The van der Waals surface area contributed by atoms with Gasteiger partial charge in [0.05, 0.1) is 6.10 Å². The maximum atomic E-state index is 5.75. The summed E-state index contributed by atoms with van der Waals surface area (Å²) >= 11 is 0. The van der Waals surface area contributed by atoms with Gasteiger partial charge in [0.25, 0.3) is 0 Å². The Balaban J connectivity index is 2.31. The van der Waals surface area contributed by atoms with Crippen LogP contribution in [0.5, 0.6) is 5.75 Å². The van der Waals surface area contributed by atoms with Gasteiger partial charge in [-0.25, -0.2) is 9.67 Å². The van der Waals surface area contributed by atoms with Crippen molar-refractivity contribution in [1.29, 1.82) is 0 Å². The molecule has 0 aliphatic rings. The zero-order valence-electron chi connectivity index (χ0n) is 12.6. The second-order valence-electron chi connectivity index (χ2n) is 5.16. The summed E-state index contributed by atoms with van der Waals surface area (Å²) in [5, 5.41) is 4.37. The van der Waals surface area contributed by atoms with Crippen LogP contribution in [0.1, 0.15) is 25.2 Å². The Kier molecular flexibility index (Phi) is 4.39. The summed E-state index contributed by atoms with van der Waals surface area (Å²) in [5.74, 6) is 2.55. The maximum absolute atomic E-state index is 5.75. The minimum atomic E-state index is 0.172. The van der Waals surface area contributed by atoms with Crippen molar-refractivity contribution in [3.8, 4) is 17.1 Å². The number of hydrogen-bond acceptors (Lipinski definition) is 4. The number of rotatable bonds is 5. The number of aryl methyl sites for hydroxylation is 2. The minimum Gasteiger partial charge on any atom is -0.491 e. The molecular weight excluding hydrogens is 252 g/mol. The van der Waals surface area contributed by atoms with Gasteiger partial charge in [0.15, 0.2) is 11.6 Å². The molecule has 5 nitrogen and oxygen atoms in total. The van der Waals surface area contributed by atoms with Crippen LogP contribution in [0.2, 0.25) is 0 Å². The number of ether oxygens (including phenoxy) is 1. The molecule has 20 heavy (non-hydrogen) atoms. The summed E-state index contributed by atoms with van der Waals surface area (Å²) in [6.07, 6.45) is 0.868. The molecule has 0 aliphatic carbocycles.